The molecular weight excluding hydrogens is 262 g/mol. The molecule has 0 saturated heterocycles. The number of nitrogens with zero attached hydrogens (tertiary/aromatic N) is 1. The van der Waals surface area contributed by atoms with Crippen LogP contribution >= 0.6 is 0 Å². The summed E-state index contributed by atoms with van der Waals surface area (Å²) >= 11 is 0. The van der Waals surface area contributed by atoms with E-state index in [0.29, 0.717) is 12.8 Å². The van der Waals surface area contributed by atoms with E-state index < -0.39 is 18.3 Å². The van der Waals surface area contributed by atoms with E-state index in [1.807, 2.05) is 24.3 Å². The van der Waals surface area contributed by atoms with Crippen molar-refractivity contribution >= 4 is 5.91 Å². The molecule has 0 bridgehead atoms. The molecule has 0 N–H and O–H groups in total. The van der Waals surface area contributed by atoms with Gasteiger partial charge in [-0.15, -0.1) is 0 Å². The van der Waals surface area contributed by atoms with Crippen LogP contribution in [0.4, 0.5) is 17.6 Å². The molecule has 1 aromatic rings. The maximum atomic E-state index is 13.0. The van der Waals surface area contributed by atoms with E-state index in [9.17, 15) is 22.4 Å². The van der Waals surface area contributed by atoms with Crippen LogP contribution in [-0.2, 0) is 17.6 Å². The lowest BCUT2D eigenvalue weighted by Crippen LogP contribution is -2.48. The number of amides is 1. The summed E-state index contributed by atoms with van der Waals surface area (Å²) in [5.41, 5.74) is 1.94. The van der Waals surface area contributed by atoms with Gasteiger partial charge in [0, 0.05) is 13.1 Å². The zero-order valence-electron chi connectivity index (χ0n) is 10.1. The number of halogens is 4. The average molecular weight is 275 g/mol. The van der Waals surface area contributed by atoms with Gasteiger partial charge < -0.3 is 4.90 Å². The van der Waals surface area contributed by atoms with Gasteiger partial charge in [-0.25, -0.2) is 8.78 Å². The Balaban J connectivity index is 2.12. The van der Waals surface area contributed by atoms with Crippen LogP contribution in [0, 0.1) is 0 Å². The fourth-order valence-electron chi connectivity index (χ4n) is 2.18. The van der Waals surface area contributed by atoms with E-state index in [1.165, 1.54) is 0 Å². The first-order valence-corrected chi connectivity index (χ1v) is 5.95. The van der Waals surface area contributed by atoms with E-state index in [0.717, 1.165) is 16.0 Å². The number of hydrogen-bond donors (Lipinski definition) is 0. The van der Waals surface area contributed by atoms with Gasteiger partial charge >= 0.3 is 12.3 Å². The van der Waals surface area contributed by atoms with E-state index in [4.69, 9.17) is 0 Å². The Morgan fingerprint density at radius 3 is 2.00 bits per heavy atom. The van der Waals surface area contributed by atoms with Gasteiger partial charge in [0.25, 0.3) is 5.91 Å². The summed E-state index contributed by atoms with van der Waals surface area (Å²) in [5.74, 6) is -6.38. The standard InChI is InChI=1S/C13H13F4NO/c14-11(15)13(16,17)12(19)18-7-5-9-3-1-2-4-10(9)6-8-18/h1-4,11H,5-8H2. The highest BCUT2D eigenvalue weighted by molar-refractivity contribution is 5.84. The molecule has 2 nitrogen and oxygen atoms in total. The average Bonchev–Trinajstić information content (AvgIpc) is 2.60. The van der Waals surface area contributed by atoms with Crippen molar-refractivity contribution in [3.05, 3.63) is 35.4 Å². The number of benzene rings is 1. The minimum atomic E-state index is -4.60. The molecule has 19 heavy (non-hydrogen) atoms. The summed E-state index contributed by atoms with van der Waals surface area (Å²) in [6.07, 6.45) is -3.16. The molecule has 1 amide bonds. The van der Waals surface area contributed by atoms with Crippen LogP contribution < -0.4 is 0 Å². The minimum Gasteiger partial charge on any atom is -0.337 e. The Kier molecular flexibility index (Phi) is 3.78. The van der Waals surface area contributed by atoms with Gasteiger partial charge in [-0.1, -0.05) is 24.3 Å². The second kappa shape index (κ2) is 5.19. The van der Waals surface area contributed by atoms with Gasteiger partial charge in [0.15, 0.2) is 0 Å². The number of rotatable bonds is 2. The summed E-state index contributed by atoms with van der Waals surface area (Å²) in [4.78, 5) is 12.3. The number of hydrogen-bond acceptors (Lipinski definition) is 1. The van der Waals surface area contributed by atoms with Crippen molar-refractivity contribution in [2.45, 2.75) is 25.2 Å². The molecule has 6 heteroatoms. The van der Waals surface area contributed by atoms with E-state index in [1.54, 1.807) is 0 Å². The molecular formula is C13H13F4NO. The Hall–Kier alpha value is -1.59. The molecule has 0 radical (unpaired) electrons. The molecule has 2 rings (SSSR count). The zero-order valence-corrected chi connectivity index (χ0v) is 10.1. The van der Waals surface area contributed by atoms with Gasteiger partial charge in [0.1, 0.15) is 0 Å². The molecule has 0 aliphatic carbocycles. The molecule has 1 aliphatic rings. The van der Waals surface area contributed by atoms with E-state index >= 15 is 0 Å². The largest absolute Gasteiger partial charge is 0.383 e. The Morgan fingerprint density at radius 2 is 1.58 bits per heavy atom. The first-order chi connectivity index (χ1) is 8.93. The van der Waals surface area contributed by atoms with Crippen molar-refractivity contribution in [3.8, 4) is 0 Å². The first-order valence-electron chi connectivity index (χ1n) is 5.95. The summed E-state index contributed by atoms with van der Waals surface area (Å²) in [5, 5.41) is 0. The molecule has 1 heterocycles. The number of fused-ring (bicyclic) bond motifs is 1. The molecule has 0 unspecified atom stereocenters. The van der Waals surface area contributed by atoms with Crippen LogP contribution in [-0.4, -0.2) is 36.2 Å². The summed E-state index contributed by atoms with van der Waals surface area (Å²) in [6, 6.07) is 7.36. The van der Waals surface area contributed by atoms with Crippen molar-refractivity contribution in [1.29, 1.82) is 0 Å². The van der Waals surface area contributed by atoms with Crippen LogP contribution in [0.15, 0.2) is 24.3 Å². The van der Waals surface area contributed by atoms with E-state index in [2.05, 4.69) is 0 Å². The fraction of sp³-hybridized carbons (Fsp3) is 0.462. The van der Waals surface area contributed by atoms with Crippen molar-refractivity contribution in [1.82, 2.24) is 4.90 Å². The van der Waals surface area contributed by atoms with Crippen LogP contribution in [0.2, 0.25) is 0 Å². The van der Waals surface area contributed by atoms with Gasteiger partial charge in [0.05, 0.1) is 0 Å². The molecule has 1 aliphatic heterocycles. The lowest BCUT2D eigenvalue weighted by atomic mass is 10.0. The van der Waals surface area contributed by atoms with Gasteiger partial charge in [-0.2, -0.15) is 8.78 Å². The van der Waals surface area contributed by atoms with Gasteiger partial charge in [0.2, 0.25) is 0 Å². The monoisotopic (exact) mass is 275 g/mol. The maximum absolute atomic E-state index is 13.0. The molecule has 104 valence electrons. The summed E-state index contributed by atoms with van der Waals surface area (Å²) in [7, 11) is 0. The SMILES string of the molecule is O=C(N1CCc2ccccc2CC1)C(F)(F)C(F)F. The number of carbonyl (C=O) groups is 1. The number of alkyl halides is 4. The molecule has 1 aromatic carbocycles. The summed E-state index contributed by atoms with van der Waals surface area (Å²) < 4.78 is 50.5. The predicted molar refractivity (Wildman–Crippen MR) is 61.4 cm³/mol. The minimum absolute atomic E-state index is 0.0398. The maximum Gasteiger partial charge on any atom is 0.383 e. The third-order valence-electron chi connectivity index (χ3n) is 3.27. The molecule has 0 spiro atoms. The topological polar surface area (TPSA) is 20.3 Å². The molecule has 0 aromatic heterocycles. The second-order valence-electron chi connectivity index (χ2n) is 4.48. The summed E-state index contributed by atoms with van der Waals surface area (Å²) in [6.45, 7) is 0.0797. The number of carbonyl (C=O) groups excluding carboxylic acids is 1. The lowest BCUT2D eigenvalue weighted by molar-refractivity contribution is -0.180. The molecule has 0 fully saturated rings. The zero-order chi connectivity index (χ0) is 14.0. The van der Waals surface area contributed by atoms with Crippen molar-refractivity contribution in [3.63, 3.8) is 0 Å². The quantitative estimate of drug-likeness (QED) is 0.759. The third kappa shape index (κ3) is 2.72. The highest BCUT2D eigenvalue weighted by Crippen LogP contribution is 2.26. The highest BCUT2D eigenvalue weighted by Gasteiger charge is 2.51. The van der Waals surface area contributed by atoms with Crippen LogP contribution in [0.1, 0.15) is 11.1 Å². The second-order valence-corrected chi connectivity index (χ2v) is 4.48. The van der Waals surface area contributed by atoms with Crippen molar-refractivity contribution in [2.24, 2.45) is 0 Å². The first kappa shape index (κ1) is 13.8. The van der Waals surface area contributed by atoms with Crippen molar-refractivity contribution in [2.75, 3.05) is 13.1 Å². The van der Waals surface area contributed by atoms with Gasteiger partial charge in [-0.05, 0) is 24.0 Å². The normalized spacial score (nSPS) is 16.2. The molecule has 0 saturated carbocycles. The Labute approximate surface area is 108 Å². The molecule has 0 atom stereocenters. The van der Waals surface area contributed by atoms with Crippen LogP contribution in [0.5, 0.6) is 0 Å². The Morgan fingerprint density at radius 1 is 1.11 bits per heavy atom. The predicted octanol–water partition coefficient (Wildman–Crippen LogP) is 2.51. The lowest BCUT2D eigenvalue weighted by Gasteiger charge is -2.25. The Bertz CT molecular complexity index is 448. The highest BCUT2D eigenvalue weighted by atomic mass is 19.3. The van der Waals surface area contributed by atoms with Crippen LogP contribution in [0.25, 0.3) is 0 Å². The smallest absolute Gasteiger partial charge is 0.337 e. The third-order valence-corrected chi connectivity index (χ3v) is 3.27. The van der Waals surface area contributed by atoms with E-state index in [-0.39, 0.29) is 13.1 Å². The van der Waals surface area contributed by atoms with Gasteiger partial charge in [-0.3, -0.25) is 4.79 Å². The van der Waals surface area contributed by atoms with Crippen molar-refractivity contribution < 1.29 is 22.4 Å². The van der Waals surface area contributed by atoms with Crippen LogP contribution in [0.3, 0.4) is 0 Å². The fourth-order valence-corrected chi connectivity index (χ4v) is 2.18.